The summed E-state index contributed by atoms with van der Waals surface area (Å²) in [6.07, 6.45) is 4.84. The molecule has 1 aromatic carbocycles. The van der Waals surface area contributed by atoms with Crippen LogP contribution in [0.2, 0.25) is 0 Å². The molecule has 2 aliphatic rings. The predicted molar refractivity (Wildman–Crippen MR) is 114 cm³/mol. The molecule has 0 atom stereocenters. The first-order valence-electron chi connectivity index (χ1n) is 10.0. The Morgan fingerprint density at radius 2 is 1.97 bits per heavy atom. The van der Waals surface area contributed by atoms with Crippen molar-refractivity contribution in [2.75, 3.05) is 38.1 Å². The molecule has 154 valence electrons. The Hall–Kier alpha value is -3.47. The van der Waals surface area contributed by atoms with Crippen LogP contribution in [0, 0.1) is 28.1 Å². The van der Waals surface area contributed by atoms with Crippen molar-refractivity contribution >= 4 is 18.0 Å². The fourth-order valence-corrected chi connectivity index (χ4v) is 3.98. The summed E-state index contributed by atoms with van der Waals surface area (Å²) >= 11 is 0. The number of hydrogen-bond donors (Lipinski definition) is 2. The highest BCUT2D eigenvalue weighted by atomic mass is 19.1. The maximum atomic E-state index is 13.4. The van der Waals surface area contributed by atoms with Gasteiger partial charge in [-0.15, -0.1) is 0 Å². The third-order valence-corrected chi connectivity index (χ3v) is 5.80. The van der Waals surface area contributed by atoms with Crippen LogP contribution in [0.5, 0.6) is 0 Å². The van der Waals surface area contributed by atoms with Gasteiger partial charge < -0.3 is 14.7 Å². The second kappa shape index (κ2) is 8.11. The van der Waals surface area contributed by atoms with Gasteiger partial charge in [0.15, 0.2) is 5.96 Å². The highest BCUT2D eigenvalue weighted by Gasteiger charge is 2.31. The molecule has 2 N–H and O–H groups in total. The number of halogens is 1. The lowest BCUT2D eigenvalue weighted by Gasteiger charge is -2.39. The number of hydrogen-bond acceptors (Lipinski definition) is 5. The van der Waals surface area contributed by atoms with Gasteiger partial charge in [0, 0.05) is 50.6 Å². The van der Waals surface area contributed by atoms with Crippen molar-refractivity contribution in [2.24, 2.45) is 0 Å². The third-order valence-electron chi connectivity index (χ3n) is 5.80. The molecule has 0 spiro atoms. The van der Waals surface area contributed by atoms with Crippen LogP contribution in [0.4, 0.5) is 10.1 Å². The van der Waals surface area contributed by atoms with Crippen LogP contribution in [0.1, 0.15) is 29.9 Å². The predicted octanol–water partition coefficient (Wildman–Crippen LogP) is 3.23. The molecule has 1 aromatic heterocycles. The van der Waals surface area contributed by atoms with Crippen LogP contribution in [-0.4, -0.2) is 60.3 Å². The Kier molecular flexibility index (Phi) is 5.36. The lowest BCUT2D eigenvalue weighted by atomic mass is 9.94. The van der Waals surface area contributed by atoms with Crippen LogP contribution in [-0.2, 0) is 0 Å². The topological polar surface area (TPSA) is 94.1 Å². The number of benzene rings is 1. The van der Waals surface area contributed by atoms with Crippen molar-refractivity contribution in [1.29, 1.82) is 16.1 Å². The summed E-state index contributed by atoms with van der Waals surface area (Å²) in [5.74, 6) is 0.201. The lowest BCUT2D eigenvalue weighted by molar-refractivity contribution is 0.355. The van der Waals surface area contributed by atoms with E-state index in [1.54, 1.807) is 13.1 Å². The molecule has 0 unspecified atom stereocenters. The summed E-state index contributed by atoms with van der Waals surface area (Å²) in [7, 11) is 1.69. The zero-order chi connectivity index (χ0) is 21.3. The minimum atomic E-state index is -0.530. The highest BCUT2D eigenvalue weighted by molar-refractivity contribution is 5.88. The number of nitrogens with zero attached hydrogens (tertiary/aromatic N) is 5. The number of aromatic nitrogens is 1. The van der Waals surface area contributed by atoms with Gasteiger partial charge in [-0.25, -0.2) is 4.98 Å². The van der Waals surface area contributed by atoms with Crippen molar-refractivity contribution in [3.8, 4) is 17.2 Å². The van der Waals surface area contributed by atoms with Gasteiger partial charge in [-0.3, -0.25) is 10.8 Å². The van der Waals surface area contributed by atoms with Gasteiger partial charge in [-0.1, -0.05) is 12.1 Å². The number of nitrogens with one attached hydrogen (secondary N) is 2. The first-order chi connectivity index (χ1) is 14.5. The van der Waals surface area contributed by atoms with Gasteiger partial charge in [0.05, 0.1) is 17.6 Å². The molecule has 7 nitrogen and oxygen atoms in total. The van der Waals surface area contributed by atoms with Crippen molar-refractivity contribution in [3.63, 3.8) is 0 Å². The summed E-state index contributed by atoms with van der Waals surface area (Å²) in [6.45, 7) is 2.55. The minimum Gasteiger partial charge on any atom is -0.366 e. The van der Waals surface area contributed by atoms with E-state index in [-0.39, 0.29) is 0 Å². The maximum Gasteiger partial charge on any atom is 0.212 e. The van der Waals surface area contributed by atoms with Gasteiger partial charge in [-0.05, 0) is 36.5 Å². The number of guanidine groups is 1. The standard InChI is InChI=1S/C22H24FN7/c1-28(14-25)22(26)30-10-8-29(9-11-30)21-18(16-4-7-20(23)27-13-16)6-5-17(15-2-3-15)19(21)12-24/h4-7,13-15,25-26H,2-3,8-11H2,1H3. The van der Waals surface area contributed by atoms with E-state index in [1.165, 1.54) is 17.2 Å². The van der Waals surface area contributed by atoms with Gasteiger partial charge in [0.2, 0.25) is 5.95 Å². The lowest BCUT2D eigenvalue weighted by Crippen LogP contribution is -2.52. The molecule has 4 rings (SSSR count). The van der Waals surface area contributed by atoms with Crippen LogP contribution in [0.15, 0.2) is 30.5 Å². The molecule has 2 aromatic rings. The van der Waals surface area contributed by atoms with Gasteiger partial charge in [-0.2, -0.15) is 9.65 Å². The Morgan fingerprint density at radius 3 is 2.53 bits per heavy atom. The summed E-state index contributed by atoms with van der Waals surface area (Å²) in [6, 6.07) is 9.53. The van der Waals surface area contributed by atoms with E-state index in [0.29, 0.717) is 43.6 Å². The Morgan fingerprint density at radius 1 is 1.23 bits per heavy atom. The number of piperazine rings is 1. The summed E-state index contributed by atoms with van der Waals surface area (Å²) in [5, 5.41) is 25.6. The molecule has 30 heavy (non-hydrogen) atoms. The van der Waals surface area contributed by atoms with E-state index in [4.69, 9.17) is 10.8 Å². The molecule has 2 fully saturated rings. The van der Waals surface area contributed by atoms with Crippen LogP contribution in [0.25, 0.3) is 11.1 Å². The molecule has 0 amide bonds. The van der Waals surface area contributed by atoms with Crippen molar-refractivity contribution in [2.45, 2.75) is 18.8 Å². The van der Waals surface area contributed by atoms with Crippen LogP contribution < -0.4 is 4.90 Å². The SMILES string of the molecule is CN(C=N)C(=N)N1CCN(c2c(-c3ccc(F)nc3)ccc(C3CC3)c2C#N)CC1. The Bertz CT molecular complexity index is 999. The summed E-state index contributed by atoms with van der Waals surface area (Å²) in [4.78, 5) is 9.39. The van der Waals surface area contributed by atoms with E-state index in [2.05, 4.69) is 16.0 Å². The van der Waals surface area contributed by atoms with Crippen molar-refractivity contribution in [3.05, 3.63) is 47.5 Å². The van der Waals surface area contributed by atoms with E-state index >= 15 is 0 Å². The Balaban J connectivity index is 1.70. The molecule has 0 bridgehead atoms. The molecule has 1 aliphatic carbocycles. The summed E-state index contributed by atoms with van der Waals surface area (Å²) in [5.41, 5.74) is 4.32. The molecule has 1 saturated carbocycles. The van der Waals surface area contributed by atoms with Crippen LogP contribution >= 0.6 is 0 Å². The van der Waals surface area contributed by atoms with Gasteiger partial charge >= 0.3 is 0 Å². The van der Waals surface area contributed by atoms with E-state index in [1.807, 2.05) is 17.0 Å². The van der Waals surface area contributed by atoms with E-state index in [9.17, 15) is 9.65 Å². The molecule has 1 saturated heterocycles. The number of rotatable bonds is 4. The third kappa shape index (κ3) is 3.71. The second-order valence-electron chi connectivity index (χ2n) is 7.72. The van der Waals surface area contributed by atoms with Gasteiger partial charge in [0.25, 0.3) is 0 Å². The molecule has 1 aliphatic heterocycles. The Labute approximate surface area is 175 Å². The molecule has 2 heterocycles. The fraction of sp³-hybridized carbons (Fsp3) is 0.364. The average Bonchev–Trinajstić information content (AvgIpc) is 3.63. The van der Waals surface area contributed by atoms with E-state index in [0.717, 1.165) is 41.6 Å². The molecular formula is C22H24FN7. The zero-order valence-electron chi connectivity index (χ0n) is 16.9. The second-order valence-corrected chi connectivity index (χ2v) is 7.72. The molecule has 0 radical (unpaired) electrons. The first-order valence-corrected chi connectivity index (χ1v) is 10.0. The average molecular weight is 405 g/mol. The number of anilines is 1. The van der Waals surface area contributed by atoms with Gasteiger partial charge in [0.1, 0.15) is 6.07 Å². The maximum absolute atomic E-state index is 13.4. The molecule has 8 heteroatoms. The molecular weight excluding hydrogens is 381 g/mol. The number of nitriles is 1. The minimum absolute atomic E-state index is 0.292. The fourth-order valence-electron chi connectivity index (χ4n) is 3.98. The summed E-state index contributed by atoms with van der Waals surface area (Å²) < 4.78 is 13.4. The normalized spacial score (nSPS) is 16.2. The van der Waals surface area contributed by atoms with Crippen LogP contribution in [0.3, 0.4) is 0 Å². The highest BCUT2D eigenvalue weighted by Crippen LogP contribution is 2.46. The van der Waals surface area contributed by atoms with E-state index < -0.39 is 5.95 Å². The smallest absolute Gasteiger partial charge is 0.212 e. The quantitative estimate of drug-likeness (QED) is 0.463. The first kappa shape index (κ1) is 19.8. The monoisotopic (exact) mass is 405 g/mol. The van der Waals surface area contributed by atoms with Crippen molar-refractivity contribution < 1.29 is 4.39 Å². The zero-order valence-corrected chi connectivity index (χ0v) is 16.9. The van der Waals surface area contributed by atoms with Crippen molar-refractivity contribution in [1.82, 2.24) is 14.8 Å². The largest absolute Gasteiger partial charge is 0.366 e. The number of pyridine rings is 1.